The number of rotatable bonds is 4. The molecule has 6 nitrogen and oxygen atoms in total. The summed E-state index contributed by atoms with van der Waals surface area (Å²) in [6.07, 6.45) is 5.35. The van der Waals surface area contributed by atoms with Crippen molar-refractivity contribution in [3.05, 3.63) is 5.82 Å². The molecule has 1 unspecified atom stereocenters. The number of carbonyl (C=O) groups is 1. The van der Waals surface area contributed by atoms with Crippen LogP contribution >= 0.6 is 0 Å². The molecule has 2 N–H and O–H groups in total. The van der Waals surface area contributed by atoms with Crippen LogP contribution in [0.25, 0.3) is 0 Å². The van der Waals surface area contributed by atoms with Crippen molar-refractivity contribution >= 4 is 5.78 Å². The van der Waals surface area contributed by atoms with Crippen LogP contribution in [0, 0.1) is 12.3 Å². The molecular formula is C8H11N5O. The fourth-order valence-corrected chi connectivity index (χ4v) is 0.922. The second kappa shape index (κ2) is 4.48. The Hall–Kier alpha value is -1.74. The largest absolute Gasteiger partial charge is 0.321 e. The molecule has 74 valence electrons. The normalized spacial score (nSPS) is 12.1. The number of Topliss-reactive ketones (excluding diaryl/α,β-unsaturated/α-hetero) is 1. The molecule has 1 aromatic heterocycles. The van der Waals surface area contributed by atoms with Crippen LogP contribution in [-0.2, 0) is 18.3 Å². The summed E-state index contributed by atoms with van der Waals surface area (Å²) in [5.74, 6) is 2.53. The number of nitrogens with two attached hydrogens (primary N) is 1. The highest BCUT2D eigenvalue weighted by Crippen LogP contribution is 1.95. The van der Waals surface area contributed by atoms with Crippen molar-refractivity contribution in [2.45, 2.75) is 18.9 Å². The third-order valence-corrected chi connectivity index (χ3v) is 1.63. The molecule has 0 fully saturated rings. The summed E-state index contributed by atoms with van der Waals surface area (Å²) in [6.45, 7) is 0. The van der Waals surface area contributed by atoms with Crippen LogP contribution < -0.4 is 5.73 Å². The van der Waals surface area contributed by atoms with Gasteiger partial charge in [-0.25, -0.2) is 0 Å². The lowest BCUT2D eigenvalue weighted by Gasteiger charge is -2.03. The van der Waals surface area contributed by atoms with Gasteiger partial charge in [-0.15, -0.1) is 22.5 Å². The number of aryl methyl sites for hydroxylation is 1. The summed E-state index contributed by atoms with van der Waals surface area (Å²) in [6, 6.07) is -0.635. The molecule has 0 amide bonds. The number of aromatic nitrogens is 4. The van der Waals surface area contributed by atoms with Crippen LogP contribution in [0.15, 0.2) is 0 Å². The van der Waals surface area contributed by atoms with Crippen LogP contribution in [0.3, 0.4) is 0 Å². The van der Waals surface area contributed by atoms with E-state index in [4.69, 9.17) is 12.2 Å². The van der Waals surface area contributed by atoms with Gasteiger partial charge in [-0.1, -0.05) is 0 Å². The highest BCUT2D eigenvalue weighted by molar-refractivity contribution is 5.85. The maximum atomic E-state index is 11.4. The van der Waals surface area contributed by atoms with Crippen molar-refractivity contribution < 1.29 is 4.79 Å². The molecule has 6 heteroatoms. The fraction of sp³-hybridized carbons (Fsp3) is 0.500. The Bertz CT molecular complexity index is 364. The number of terminal acetylenes is 1. The Morgan fingerprint density at radius 1 is 1.79 bits per heavy atom. The van der Waals surface area contributed by atoms with E-state index in [9.17, 15) is 4.79 Å². The van der Waals surface area contributed by atoms with Gasteiger partial charge in [-0.05, 0) is 5.21 Å². The summed E-state index contributed by atoms with van der Waals surface area (Å²) >= 11 is 0. The average Bonchev–Trinajstić information content (AvgIpc) is 2.51. The first-order valence-electron chi connectivity index (χ1n) is 4.08. The summed E-state index contributed by atoms with van der Waals surface area (Å²) in [4.78, 5) is 12.7. The van der Waals surface area contributed by atoms with E-state index in [1.165, 1.54) is 4.80 Å². The van der Waals surface area contributed by atoms with E-state index in [1.807, 2.05) is 0 Å². The first kappa shape index (κ1) is 10.3. The highest BCUT2D eigenvalue weighted by atomic mass is 16.1. The van der Waals surface area contributed by atoms with E-state index in [0.29, 0.717) is 5.82 Å². The minimum absolute atomic E-state index is 0.0800. The standard InChI is InChI=1S/C8H11N5O/c1-3-4-6(9)7(14)5-8-10-12-13(2)11-8/h1,6H,4-5,9H2,2H3. The van der Waals surface area contributed by atoms with Crippen molar-refractivity contribution in [3.8, 4) is 12.3 Å². The lowest BCUT2D eigenvalue weighted by molar-refractivity contribution is -0.119. The maximum absolute atomic E-state index is 11.4. The first-order chi connectivity index (χ1) is 6.63. The number of hydrogen-bond acceptors (Lipinski definition) is 5. The predicted molar refractivity (Wildman–Crippen MR) is 48.9 cm³/mol. The van der Waals surface area contributed by atoms with E-state index >= 15 is 0 Å². The number of tetrazole rings is 1. The molecule has 1 atom stereocenters. The number of carbonyl (C=O) groups excluding carboxylic acids is 1. The third-order valence-electron chi connectivity index (χ3n) is 1.63. The Morgan fingerprint density at radius 2 is 2.50 bits per heavy atom. The van der Waals surface area contributed by atoms with Gasteiger partial charge in [0.15, 0.2) is 11.6 Å². The van der Waals surface area contributed by atoms with Crippen molar-refractivity contribution in [3.63, 3.8) is 0 Å². The topological polar surface area (TPSA) is 86.7 Å². The summed E-state index contributed by atoms with van der Waals surface area (Å²) in [5.41, 5.74) is 5.51. The second-order valence-electron chi connectivity index (χ2n) is 2.85. The Kier molecular flexibility index (Phi) is 3.31. The molecule has 1 heterocycles. The van der Waals surface area contributed by atoms with Gasteiger partial charge in [0.2, 0.25) is 0 Å². The van der Waals surface area contributed by atoms with Gasteiger partial charge in [-0.2, -0.15) is 4.80 Å². The molecule has 1 rings (SSSR count). The van der Waals surface area contributed by atoms with Crippen LogP contribution in [0.5, 0.6) is 0 Å². The predicted octanol–water partition coefficient (Wildman–Crippen LogP) is -1.33. The lowest BCUT2D eigenvalue weighted by Crippen LogP contribution is -2.31. The fourth-order valence-electron chi connectivity index (χ4n) is 0.922. The zero-order chi connectivity index (χ0) is 10.6. The molecule has 0 aliphatic carbocycles. The molecule has 0 aliphatic heterocycles. The number of nitrogens with zero attached hydrogens (tertiary/aromatic N) is 4. The minimum atomic E-state index is -0.635. The van der Waals surface area contributed by atoms with Gasteiger partial charge in [0.25, 0.3) is 0 Å². The zero-order valence-corrected chi connectivity index (χ0v) is 7.84. The van der Waals surface area contributed by atoms with Gasteiger partial charge in [0.1, 0.15) is 0 Å². The van der Waals surface area contributed by atoms with Gasteiger partial charge in [0, 0.05) is 6.42 Å². The van der Waals surface area contributed by atoms with Crippen molar-refractivity contribution in [2.75, 3.05) is 0 Å². The molecule has 0 spiro atoms. The van der Waals surface area contributed by atoms with Crippen molar-refractivity contribution in [1.29, 1.82) is 0 Å². The van der Waals surface area contributed by atoms with Crippen LogP contribution in [-0.4, -0.2) is 32.0 Å². The number of ketones is 1. The molecule has 0 bridgehead atoms. The molecule has 0 aliphatic rings. The Labute approximate surface area is 81.5 Å². The van der Waals surface area contributed by atoms with E-state index < -0.39 is 6.04 Å². The van der Waals surface area contributed by atoms with Gasteiger partial charge >= 0.3 is 0 Å². The average molecular weight is 193 g/mol. The molecule has 0 radical (unpaired) electrons. The molecular weight excluding hydrogens is 182 g/mol. The lowest BCUT2D eigenvalue weighted by atomic mass is 10.1. The van der Waals surface area contributed by atoms with E-state index in [1.54, 1.807) is 7.05 Å². The summed E-state index contributed by atoms with van der Waals surface area (Å²) in [5, 5.41) is 11.1. The highest BCUT2D eigenvalue weighted by Gasteiger charge is 2.15. The molecule has 14 heavy (non-hydrogen) atoms. The second-order valence-corrected chi connectivity index (χ2v) is 2.85. The molecule has 0 saturated heterocycles. The van der Waals surface area contributed by atoms with E-state index in [0.717, 1.165) is 0 Å². The van der Waals surface area contributed by atoms with Crippen LogP contribution in [0.2, 0.25) is 0 Å². The summed E-state index contributed by atoms with van der Waals surface area (Å²) in [7, 11) is 1.63. The van der Waals surface area contributed by atoms with Crippen LogP contribution in [0.1, 0.15) is 12.2 Å². The van der Waals surface area contributed by atoms with Crippen LogP contribution in [0.4, 0.5) is 0 Å². The molecule has 0 aromatic carbocycles. The van der Waals surface area contributed by atoms with Crippen molar-refractivity contribution in [1.82, 2.24) is 20.2 Å². The van der Waals surface area contributed by atoms with E-state index in [2.05, 4.69) is 21.3 Å². The first-order valence-corrected chi connectivity index (χ1v) is 4.08. The SMILES string of the molecule is C#CCC(N)C(=O)Cc1nnn(C)n1. The van der Waals surface area contributed by atoms with Crippen molar-refractivity contribution in [2.24, 2.45) is 12.8 Å². The third kappa shape index (κ3) is 2.64. The van der Waals surface area contributed by atoms with E-state index in [-0.39, 0.29) is 18.6 Å². The Morgan fingerprint density at radius 3 is 3.00 bits per heavy atom. The Balaban J connectivity index is 2.53. The van der Waals surface area contributed by atoms with Gasteiger partial charge in [-0.3, -0.25) is 4.79 Å². The smallest absolute Gasteiger partial charge is 0.182 e. The summed E-state index contributed by atoms with van der Waals surface area (Å²) < 4.78 is 0. The van der Waals surface area contributed by atoms with Gasteiger partial charge in [0.05, 0.1) is 19.5 Å². The van der Waals surface area contributed by atoms with Gasteiger partial charge < -0.3 is 5.73 Å². The molecule has 1 aromatic rings. The monoisotopic (exact) mass is 193 g/mol. The quantitative estimate of drug-likeness (QED) is 0.599. The minimum Gasteiger partial charge on any atom is -0.321 e. The molecule has 0 saturated carbocycles. The zero-order valence-electron chi connectivity index (χ0n) is 7.84. The maximum Gasteiger partial charge on any atom is 0.182 e. The number of hydrogen-bond donors (Lipinski definition) is 1.